The first-order chi connectivity index (χ1) is 8.54. The average molecular weight is 252 g/mol. The molecule has 1 aromatic carbocycles. The summed E-state index contributed by atoms with van der Waals surface area (Å²) in [6.45, 7) is 5.14. The number of hydrogen-bond donors (Lipinski definition) is 0. The lowest BCUT2D eigenvalue weighted by Gasteiger charge is -2.14. The molecule has 0 fully saturated rings. The van der Waals surface area contributed by atoms with Crippen molar-refractivity contribution in [3.05, 3.63) is 29.8 Å². The van der Waals surface area contributed by atoms with Crippen molar-refractivity contribution in [2.45, 2.75) is 27.1 Å². The van der Waals surface area contributed by atoms with Gasteiger partial charge in [0.25, 0.3) is 0 Å². The molecule has 0 aromatic heterocycles. The monoisotopic (exact) mass is 252 g/mol. The van der Waals surface area contributed by atoms with Crippen molar-refractivity contribution in [3.63, 3.8) is 0 Å². The van der Waals surface area contributed by atoms with Gasteiger partial charge in [-0.2, -0.15) is 0 Å². The summed E-state index contributed by atoms with van der Waals surface area (Å²) in [6, 6.07) is 6.39. The van der Waals surface area contributed by atoms with Crippen LogP contribution in [-0.2, 0) is 14.3 Å². The van der Waals surface area contributed by atoms with Gasteiger partial charge in [-0.3, -0.25) is 4.79 Å². The van der Waals surface area contributed by atoms with Gasteiger partial charge in [0.2, 0.25) is 0 Å². The Hall–Kier alpha value is -1.88. The summed E-state index contributed by atoms with van der Waals surface area (Å²) < 4.78 is 15.1. The number of hydrogen-bond acceptors (Lipinski definition) is 5. The molecule has 18 heavy (non-hydrogen) atoms. The molecule has 0 radical (unpaired) electrons. The Bertz CT molecular complexity index is 427. The van der Waals surface area contributed by atoms with E-state index >= 15 is 0 Å². The largest absolute Gasteiger partial charge is 0.432 e. The van der Waals surface area contributed by atoms with Gasteiger partial charge in [-0.15, -0.1) is 0 Å². The van der Waals surface area contributed by atoms with Crippen LogP contribution in [0.2, 0.25) is 0 Å². The molecule has 0 aliphatic heterocycles. The van der Waals surface area contributed by atoms with Gasteiger partial charge in [0, 0.05) is 13.5 Å². The van der Waals surface area contributed by atoms with Crippen LogP contribution in [0, 0.1) is 0 Å². The minimum absolute atomic E-state index is 0.179. The quantitative estimate of drug-likeness (QED) is 0.456. The fraction of sp³-hybridized carbons (Fsp3) is 0.385. The van der Waals surface area contributed by atoms with E-state index in [0.29, 0.717) is 6.61 Å². The van der Waals surface area contributed by atoms with E-state index in [4.69, 9.17) is 14.2 Å². The van der Waals surface area contributed by atoms with E-state index in [1.54, 1.807) is 26.0 Å². The van der Waals surface area contributed by atoms with E-state index in [9.17, 15) is 9.59 Å². The number of ether oxygens (including phenoxy) is 3. The molecule has 0 saturated heterocycles. The molecule has 1 rings (SSSR count). The van der Waals surface area contributed by atoms with Crippen LogP contribution in [0.1, 0.15) is 31.1 Å². The molecular weight excluding hydrogens is 236 g/mol. The van der Waals surface area contributed by atoms with Crippen LogP contribution in [0.5, 0.6) is 5.75 Å². The molecule has 0 amide bonds. The minimum Gasteiger partial charge on any atom is -0.432 e. The molecule has 0 aliphatic rings. The maximum absolute atomic E-state index is 11.8. The number of esters is 2. The first-order valence-corrected chi connectivity index (χ1v) is 5.64. The Morgan fingerprint density at radius 1 is 1.28 bits per heavy atom. The van der Waals surface area contributed by atoms with Gasteiger partial charge in [0.15, 0.2) is 6.29 Å². The smallest absolute Gasteiger partial charge is 0.344 e. The highest BCUT2D eigenvalue weighted by Crippen LogP contribution is 2.19. The molecule has 1 unspecified atom stereocenters. The van der Waals surface area contributed by atoms with Crippen molar-refractivity contribution in [1.82, 2.24) is 0 Å². The van der Waals surface area contributed by atoms with E-state index in [2.05, 4.69) is 0 Å². The number of carbonyl (C=O) groups is 2. The summed E-state index contributed by atoms with van der Waals surface area (Å²) in [7, 11) is 0. The number of para-hydroxylation sites is 1. The van der Waals surface area contributed by atoms with E-state index < -0.39 is 18.2 Å². The summed E-state index contributed by atoms with van der Waals surface area (Å²) in [5.41, 5.74) is 0.194. The van der Waals surface area contributed by atoms with Crippen LogP contribution in [0.4, 0.5) is 0 Å². The Morgan fingerprint density at radius 2 is 1.94 bits per heavy atom. The first kappa shape index (κ1) is 14.2. The molecule has 0 heterocycles. The number of benzene rings is 1. The third-order valence-corrected chi connectivity index (χ3v) is 2.04. The summed E-state index contributed by atoms with van der Waals surface area (Å²) in [5.74, 6) is -0.903. The van der Waals surface area contributed by atoms with Crippen molar-refractivity contribution in [2.24, 2.45) is 0 Å². The molecule has 5 heteroatoms. The first-order valence-electron chi connectivity index (χ1n) is 5.64. The molecule has 0 bridgehead atoms. The SMILES string of the molecule is CCOC(C)OC(=O)c1ccccc1OC(C)=O. The third-order valence-electron chi connectivity index (χ3n) is 2.04. The predicted molar refractivity (Wildman–Crippen MR) is 64.3 cm³/mol. The number of carbonyl (C=O) groups excluding carboxylic acids is 2. The van der Waals surface area contributed by atoms with E-state index in [1.807, 2.05) is 0 Å². The van der Waals surface area contributed by atoms with Gasteiger partial charge in [-0.05, 0) is 26.0 Å². The van der Waals surface area contributed by atoms with Crippen LogP contribution < -0.4 is 4.74 Å². The maximum Gasteiger partial charge on any atom is 0.344 e. The van der Waals surface area contributed by atoms with Crippen molar-refractivity contribution < 1.29 is 23.8 Å². The predicted octanol–water partition coefficient (Wildman–Crippen LogP) is 2.15. The zero-order chi connectivity index (χ0) is 13.5. The highest BCUT2D eigenvalue weighted by Gasteiger charge is 2.17. The number of rotatable bonds is 5. The van der Waals surface area contributed by atoms with Gasteiger partial charge in [0.05, 0.1) is 0 Å². The Labute approximate surface area is 106 Å². The Balaban J connectivity index is 2.81. The van der Waals surface area contributed by atoms with Crippen LogP contribution in [0.3, 0.4) is 0 Å². The van der Waals surface area contributed by atoms with Crippen LogP contribution in [-0.4, -0.2) is 24.8 Å². The van der Waals surface area contributed by atoms with Crippen LogP contribution in [0.25, 0.3) is 0 Å². The van der Waals surface area contributed by atoms with E-state index in [-0.39, 0.29) is 11.3 Å². The molecule has 0 saturated carbocycles. The molecule has 0 spiro atoms. The lowest BCUT2D eigenvalue weighted by molar-refractivity contribution is -0.131. The molecular formula is C13H16O5. The second-order valence-electron chi connectivity index (χ2n) is 3.52. The molecule has 1 atom stereocenters. The zero-order valence-corrected chi connectivity index (χ0v) is 10.6. The van der Waals surface area contributed by atoms with Crippen molar-refractivity contribution in [1.29, 1.82) is 0 Å². The summed E-state index contributed by atoms with van der Waals surface area (Å²) >= 11 is 0. The lowest BCUT2D eigenvalue weighted by atomic mass is 10.2. The van der Waals surface area contributed by atoms with Crippen molar-refractivity contribution in [2.75, 3.05) is 6.61 Å². The van der Waals surface area contributed by atoms with Crippen LogP contribution >= 0.6 is 0 Å². The fourth-order valence-corrected chi connectivity index (χ4v) is 1.36. The minimum atomic E-state index is -0.645. The standard InChI is InChI=1S/C13H16O5/c1-4-16-10(3)18-13(15)11-7-5-6-8-12(11)17-9(2)14/h5-8,10H,4H2,1-3H3. The highest BCUT2D eigenvalue weighted by molar-refractivity contribution is 5.93. The van der Waals surface area contributed by atoms with Gasteiger partial charge < -0.3 is 14.2 Å². The molecule has 0 aliphatic carbocycles. The van der Waals surface area contributed by atoms with Crippen molar-refractivity contribution >= 4 is 11.9 Å². The summed E-state index contributed by atoms with van der Waals surface area (Å²) in [6.07, 6.45) is -0.645. The van der Waals surface area contributed by atoms with Crippen molar-refractivity contribution in [3.8, 4) is 5.75 Å². The van der Waals surface area contributed by atoms with Gasteiger partial charge in [0.1, 0.15) is 11.3 Å². The zero-order valence-electron chi connectivity index (χ0n) is 10.6. The second-order valence-corrected chi connectivity index (χ2v) is 3.52. The molecule has 98 valence electrons. The van der Waals surface area contributed by atoms with Crippen LogP contribution in [0.15, 0.2) is 24.3 Å². The highest BCUT2D eigenvalue weighted by atomic mass is 16.7. The Kier molecular flexibility index (Phi) is 5.32. The van der Waals surface area contributed by atoms with Gasteiger partial charge >= 0.3 is 11.9 Å². The van der Waals surface area contributed by atoms with Gasteiger partial charge in [-0.25, -0.2) is 4.79 Å². The normalized spacial score (nSPS) is 11.7. The lowest BCUT2D eigenvalue weighted by Crippen LogP contribution is -2.19. The molecule has 0 N–H and O–H groups in total. The molecule has 1 aromatic rings. The van der Waals surface area contributed by atoms with Gasteiger partial charge in [-0.1, -0.05) is 12.1 Å². The maximum atomic E-state index is 11.8. The second kappa shape index (κ2) is 6.76. The summed E-state index contributed by atoms with van der Waals surface area (Å²) in [4.78, 5) is 22.8. The van der Waals surface area contributed by atoms with E-state index in [0.717, 1.165) is 0 Å². The Morgan fingerprint density at radius 3 is 2.56 bits per heavy atom. The average Bonchev–Trinajstić information content (AvgIpc) is 2.28. The third kappa shape index (κ3) is 4.18. The van der Waals surface area contributed by atoms with E-state index in [1.165, 1.54) is 19.1 Å². The molecule has 5 nitrogen and oxygen atoms in total. The fourth-order valence-electron chi connectivity index (χ4n) is 1.36. The topological polar surface area (TPSA) is 61.8 Å². The summed E-state index contributed by atoms with van der Waals surface area (Å²) in [5, 5.41) is 0.